The van der Waals surface area contributed by atoms with E-state index < -0.39 is 5.54 Å². The second-order valence-corrected chi connectivity index (χ2v) is 6.97. The third kappa shape index (κ3) is 3.79. The van der Waals surface area contributed by atoms with Gasteiger partial charge in [-0.3, -0.25) is 9.69 Å². The second-order valence-electron chi connectivity index (χ2n) is 6.97. The van der Waals surface area contributed by atoms with Gasteiger partial charge in [0.1, 0.15) is 11.8 Å². The van der Waals surface area contributed by atoms with Gasteiger partial charge in [0.2, 0.25) is 5.89 Å². The fourth-order valence-corrected chi connectivity index (χ4v) is 3.22. The van der Waals surface area contributed by atoms with Gasteiger partial charge in [-0.2, -0.15) is 0 Å². The van der Waals surface area contributed by atoms with Gasteiger partial charge in [-0.25, -0.2) is 9.78 Å². The first-order chi connectivity index (χ1) is 12.5. The van der Waals surface area contributed by atoms with Crippen molar-refractivity contribution in [2.75, 3.05) is 0 Å². The molecule has 1 aliphatic rings. The smallest absolute Gasteiger partial charge is 0.325 e. The normalized spacial score (nSPS) is 19.8. The average molecular weight is 355 g/mol. The first-order valence-corrected chi connectivity index (χ1v) is 9.17. The minimum absolute atomic E-state index is 0.117. The van der Waals surface area contributed by atoms with Crippen LogP contribution in [0, 0.1) is 0 Å². The number of carbonyl (C=O) groups is 2. The largest absolute Gasteiger partial charge is 0.444 e. The van der Waals surface area contributed by atoms with Gasteiger partial charge >= 0.3 is 6.03 Å². The first-order valence-electron chi connectivity index (χ1n) is 9.17. The molecule has 0 aliphatic carbocycles. The molecule has 1 aromatic heterocycles. The Labute approximate surface area is 153 Å². The third-order valence-electron chi connectivity index (χ3n) is 4.77. The molecule has 1 saturated heterocycles. The van der Waals surface area contributed by atoms with Crippen LogP contribution in [-0.4, -0.2) is 27.4 Å². The van der Waals surface area contributed by atoms with Gasteiger partial charge in [-0.15, -0.1) is 0 Å². The summed E-state index contributed by atoms with van der Waals surface area (Å²) in [6.07, 6.45) is 6.43. The molecule has 0 radical (unpaired) electrons. The molecule has 138 valence electrons. The lowest BCUT2D eigenvalue weighted by Crippen LogP contribution is -2.43. The van der Waals surface area contributed by atoms with Crippen molar-refractivity contribution in [3.63, 3.8) is 0 Å². The predicted molar refractivity (Wildman–Crippen MR) is 98.2 cm³/mol. The summed E-state index contributed by atoms with van der Waals surface area (Å²) in [7, 11) is 0. The highest BCUT2D eigenvalue weighted by Crippen LogP contribution is 2.26. The number of hydrogen-bond acceptors (Lipinski definition) is 4. The van der Waals surface area contributed by atoms with Gasteiger partial charge < -0.3 is 9.73 Å². The lowest BCUT2D eigenvalue weighted by Gasteiger charge is -2.21. The average Bonchev–Trinajstić information content (AvgIpc) is 3.19. The van der Waals surface area contributed by atoms with Gasteiger partial charge in [-0.1, -0.05) is 50.8 Å². The van der Waals surface area contributed by atoms with Crippen LogP contribution in [0.3, 0.4) is 0 Å². The van der Waals surface area contributed by atoms with Gasteiger partial charge in [-0.05, 0) is 25.5 Å². The van der Waals surface area contributed by atoms with E-state index in [2.05, 4.69) is 17.2 Å². The highest BCUT2D eigenvalue weighted by atomic mass is 16.3. The minimum Gasteiger partial charge on any atom is -0.444 e. The molecular weight excluding hydrogens is 330 g/mol. The van der Waals surface area contributed by atoms with Crippen LogP contribution in [-0.2, 0) is 11.3 Å². The summed E-state index contributed by atoms with van der Waals surface area (Å²) in [5, 5.41) is 2.84. The highest BCUT2D eigenvalue weighted by molar-refractivity contribution is 6.06. The summed E-state index contributed by atoms with van der Waals surface area (Å²) >= 11 is 0. The van der Waals surface area contributed by atoms with Crippen LogP contribution in [0.2, 0.25) is 0 Å². The molecule has 1 atom stereocenters. The van der Waals surface area contributed by atoms with Crippen molar-refractivity contribution in [1.82, 2.24) is 15.2 Å². The molecule has 3 amide bonds. The Kier molecular flexibility index (Phi) is 5.40. The molecule has 1 fully saturated rings. The summed E-state index contributed by atoms with van der Waals surface area (Å²) < 4.78 is 5.49. The number of amides is 3. The molecule has 1 N–H and O–H groups in total. The Hall–Kier alpha value is -2.63. The minimum atomic E-state index is -0.823. The van der Waals surface area contributed by atoms with E-state index in [1.165, 1.54) is 11.2 Å². The molecule has 1 unspecified atom stereocenters. The predicted octanol–water partition coefficient (Wildman–Crippen LogP) is 4.12. The number of nitrogens with one attached hydrogen (secondary N) is 1. The van der Waals surface area contributed by atoms with E-state index in [0.29, 0.717) is 18.0 Å². The third-order valence-corrected chi connectivity index (χ3v) is 4.77. The van der Waals surface area contributed by atoms with Crippen LogP contribution in [0.1, 0.15) is 51.6 Å². The van der Waals surface area contributed by atoms with E-state index in [-0.39, 0.29) is 18.5 Å². The summed E-state index contributed by atoms with van der Waals surface area (Å²) in [5.74, 6) is 0.290. The summed E-state index contributed by atoms with van der Waals surface area (Å²) in [6.45, 7) is 4.07. The number of rotatable bonds is 8. The highest BCUT2D eigenvalue weighted by Gasteiger charge is 2.47. The molecule has 0 saturated carbocycles. The van der Waals surface area contributed by atoms with E-state index in [1.54, 1.807) is 6.92 Å². The van der Waals surface area contributed by atoms with Crippen molar-refractivity contribution in [2.45, 2.75) is 58.0 Å². The summed E-state index contributed by atoms with van der Waals surface area (Å²) in [5.41, 5.74) is 0.593. The van der Waals surface area contributed by atoms with E-state index in [1.807, 2.05) is 30.3 Å². The lowest BCUT2D eigenvalue weighted by atomic mass is 9.94. The number of imide groups is 1. The van der Waals surface area contributed by atoms with Crippen molar-refractivity contribution in [3.8, 4) is 11.5 Å². The molecule has 0 bridgehead atoms. The number of benzene rings is 1. The maximum absolute atomic E-state index is 12.8. The van der Waals surface area contributed by atoms with Crippen LogP contribution in [0.25, 0.3) is 11.5 Å². The SMILES string of the molecule is CCCCCCC1(C)NC(=O)N(Cc2coc(-c3ccccc3)n2)C1=O. The Morgan fingerprint density at radius 1 is 1.15 bits per heavy atom. The fourth-order valence-electron chi connectivity index (χ4n) is 3.22. The molecular formula is C20H25N3O3. The molecule has 1 aliphatic heterocycles. The molecule has 0 spiro atoms. The molecule has 1 aromatic carbocycles. The van der Waals surface area contributed by atoms with Crippen LogP contribution < -0.4 is 5.32 Å². The van der Waals surface area contributed by atoms with E-state index in [4.69, 9.17) is 4.42 Å². The molecule has 2 heterocycles. The lowest BCUT2D eigenvalue weighted by molar-refractivity contribution is -0.131. The van der Waals surface area contributed by atoms with E-state index >= 15 is 0 Å². The Balaban J connectivity index is 1.66. The number of carbonyl (C=O) groups excluding carboxylic acids is 2. The van der Waals surface area contributed by atoms with Crippen LogP contribution in [0.15, 0.2) is 41.0 Å². The topological polar surface area (TPSA) is 75.4 Å². The fraction of sp³-hybridized carbons (Fsp3) is 0.450. The number of urea groups is 1. The van der Waals surface area contributed by atoms with Crippen molar-refractivity contribution in [2.24, 2.45) is 0 Å². The monoisotopic (exact) mass is 355 g/mol. The van der Waals surface area contributed by atoms with Crippen LogP contribution >= 0.6 is 0 Å². The van der Waals surface area contributed by atoms with Gasteiger partial charge in [0, 0.05) is 5.56 Å². The number of hydrogen-bond donors (Lipinski definition) is 1. The van der Waals surface area contributed by atoms with Crippen LogP contribution in [0.4, 0.5) is 4.79 Å². The summed E-state index contributed by atoms with van der Waals surface area (Å²) in [6, 6.07) is 9.16. The molecule has 2 aromatic rings. The zero-order valence-electron chi connectivity index (χ0n) is 15.3. The van der Waals surface area contributed by atoms with Gasteiger partial charge in [0.15, 0.2) is 0 Å². The Morgan fingerprint density at radius 3 is 2.65 bits per heavy atom. The number of aromatic nitrogens is 1. The van der Waals surface area contributed by atoms with E-state index in [9.17, 15) is 9.59 Å². The molecule has 6 heteroatoms. The summed E-state index contributed by atoms with van der Waals surface area (Å²) in [4.78, 5) is 30.7. The molecule has 6 nitrogen and oxygen atoms in total. The standard InChI is InChI=1S/C20H25N3O3/c1-3-4-5-9-12-20(2)18(24)23(19(25)22-20)13-16-14-26-17(21-16)15-10-7-6-8-11-15/h6-8,10-11,14H,3-5,9,12-13H2,1-2H3,(H,22,25). The van der Waals surface area contributed by atoms with Gasteiger partial charge in [0.25, 0.3) is 5.91 Å². The Bertz CT molecular complexity index is 772. The number of unbranched alkanes of at least 4 members (excludes halogenated alkanes) is 3. The second kappa shape index (κ2) is 7.72. The van der Waals surface area contributed by atoms with Crippen molar-refractivity contribution >= 4 is 11.9 Å². The van der Waals surface area contributed by atoms with Crippen molar-refractivity contribution in [3.05, 3.63) is 42.3 Å². The van der Waals surface area contributed by atoms with Crippen LogP contribution in [0.5, 0.6) is 0 Å². The number of oxazole rings is 1. The van der Waals surface area contributed by atoms with E-state index in [0.717, 1.165) is 31.2 Å². The molecule has 26 heavy (non-hydrogen) atoms. The van der Waals surface area contributed by atoms with Crippen molar-refractivity contribution < 1.29 is 14.0 Å². The molecule has 3 rings (SSSR count). The maximum Gasteiger partial charge on any atom is 0.325 e. The quantitative estimate of drug-likeness (QED) is 0.571. The Morgan fingerprint density at radius 2 is 1.92 bits per heavy atom. The zero-order valence-corrected chi connectivity index (χ0v) is 15.3. The number of nitrogens with zero attached hydrogens (tertiary/aromatic N) is 2. The van der Waals surface area contributed by atoms with Crippen molar-refractivity contribution in [1.29, 1.82) is 0 Å². The van der Waals surface area contributed by atoms with Gasteiger partial charge in [0.05, 0.1) is 12.2 Å². The first kappa shape index (κ1) is 18.2. The maximum atomic E-state index is 12.8. The zero-order chi connectivity index (χ0) is 18.6.